The average molecular weight is 227 g/mol. The second-order valence-corrected chi connectivity index (χ2v) is 4.09. The van der Waals surface area contributed by atoms with Crippen LogP contribution >= 0.6 is 0 Å². The van der Waals surface area contributed by atoms with Crippen molar-refractivity contribution in [1.29, 1.82) is 0 Å². The molecular formula is C13H19F2N. The first-order valence-corrected chi connectivity index (χ1v) is 5.70. The summed E-state index contributed by atoms with van der Waals surface area (Å²) >= 11 is 0. The highest BCUT2D eigenvalue weighted by Gasteiger charge is 2.19. The maximum Gasteiger partial charge on any atom is 0.254 e. The van der Waals surface area contributed by atoms with Crippen LogP contribution in [0.1, 0.15) is 24.5 Å². The van der Waals surface area contributed by atoms with Crippen LogP contribution < -0.4 is 5.32 Å². The van der Waals surface area contributed by atoms with Crippen LogP contribution in [0.25, 0.3) is 0 Å². The minimum atomic E-state index is -2.31. The molecule has 1 atom stereocenters. The normalized spacial score (nSPS) is 13.1. The Hall–Kier alpha value is -0.960. The number of hydrogen-bond acceptors (Lipinski definition) is 1. The van der Waals surface area contributed by atoms with Gasteiger partial charge in [0.2, 0.25) is 0 Å². The maximum atomic E-state index is 12.7. The molecule has 1 aromatic rings. The van der Waals surface area contributed by atoms with Crippen LogP contribution in [-0.2, 0) is 6.42 Å². The molecule has 1 aromatic carbocycles. The van der Waals surface area contributed by atoms with E-state index in [9.17, 15) is 8.78 Å². The van der Waals surface area contributed by atoms with E-state index >= 15 is 0 Å². The van der Waals surface area contributed by atoms with Crippen molar-refractivity contribution in [3.63, 3.8) is 0 Å². The molecule has 0 spiro atoms. The first kappa shape index (κ1) is 13.1. The average Bonchev–Trinajstić information content (AvgIpc) is 2.24. The van der Waals surface area contributed by atoms with Crippen molar-refractivity contribution in [3.05, 3.63) is 35.4 Å². The molecule has 0 aliphatic heterocycles. The van der Waals surface area contributed by atoms with Crippen LogP contribution in [0.5, 0.6) is 0 Å². The summed E-state index contributed by atoms with van der Waals surface area (Å²) < 4.78 is 25.5. The molecule has 90 valence electrons. The highest BCUT2D eigenvalue weighted by molar-refractivity contribution is 5.23. The van der Waals surface area contributed by atoms with Gasteiger partial charge in [0.05, 0.1) is 6.04 Å². The summed E-state index contributed by atoms with van der Waals surface area (Å²) in [6.07, 6.45) is -1.05. The van der Waals surface area contributed by atoms with E-state index in [0.717, 1.165) is 17.5 Å². The van der Waals surface area contributed by atoms with Crippen molar-refractivity contribution >= 4 is 0 Å². The third-order valence-corrected chi connectivity index (χ3v) is 2.50. The van der Waals surface area contributed by atoms with Gasteiger partial charge >= 0.3 is 0 Å². The Morgan fingerprint density at radius 2 is 2.06 bits per heavy atom. The molecule has 0 saturated carbocycles. The molecular weight excluding hydrogens is 208 g/mol. The van der Waals surface area contributed by atoms with Gasteiger partial charge < -0.3 is 5.32 Å². The Balaban J connectivity index is 2.60. The molecule has 3 heteroatoms. The van der Waals surface area contributed by atoms with Crippen molar-refractivity contribution in [1.82, 2.24) is 5.32 Å². The largest absolute Gasteiger partial charge is 0.309 e. The van der Waals surface area contributed by atoms with E-state index in [2.05, 4.69) is 5.32 Å². The molecule has 1 rings (SSSR count). The van der Waals surface area contributed by atoms with E-state index in [0.29, 0.717) is 13.0 Å². The summed E-state index contributed by atoms with van der Waals surface area (Å²) in [5, 5.41) is 2.89. The smallest absolute Gasteiger partial charge is 0.254 e. The van der Waals surface area contributed by atoms with Gasteiger partial charge in [-0.1, -0.05) is 36.8 Å². The number of halogens is 2. The van der Waals surface area contributed by atoms with Gasteiger partial charge in [-0.2, -0.15) is 0 Å². The van der Waals surface area contributed by atoms with E-state index < -0.39 is 12.5 Å². The van der Waals surface area contributed by atoms with Crippen LogP contribution in [0.15, 0.2) is 24.3 Å². The molecule has 16 heavy (non-hydrogen) atoms. The fraction of sp³-hybridized carbons (Fsp3) is 0.538. The Kier molecular flexibility index (Phi) is 5.39. The van der Waals surface area contributed by atoms with Crippen LogP contribution in [0.3, 0.4) is 0 Å². The summed E-state index contributed by atoms with van der Waals surface area (Å²) in [4.78, 5) is 0. The topological polar surface area (TPSA) is 12.0 Å². The molecule has 0 fully saturated rings. The van der Waals surface area contributed by atoms with E-state index in [4.69, 9.17) is 0 Å². The zero-order valence-corrected chi connectivity index (χ0v) is 9.84. The molecule has 0 bridgehead atoms. The van der Waals surface area contributed by atoms with E-state index in [-0.39, 0.29) is 0 Å². The Morgan fingerprint density at radius 1 is 1.31 bits per heavy atom. The van der Waals surface area contributed by atoms with Crippen molar-refractivity contribution in [3.8, 4) is 0 Å². The van der Waals surface area contributed by atoms with Gasteiger partial charge in [-0.15, -0.1) is 0 Å². The van der Waals surface area contributed by atoms with E-state index in [1.54, 1.807) is 0 Å². The SMILES string of the molecule is CCCNC(Cc1cccc(C)c1)C(F)F. The fourth-order valence-corrected chi connectivity index (χ4v) is 1.67. The molecule has 0 aliphatic carbocycles. The van der Waals surface area contributed by atoms with Crippen molar-refractivity contribution in [2.75, 3.05) is 6.54 Å². The van der Waals surface area contributed by atoms with Gasteiger partial charge in [-0.05, 0) is 31.9 Å². The van der Waals surface area contributed by atoms with Gasteiger partial charge in [0.15, 0.2) is 0 Å². The van der Waals surface area contributed by atoms with Gasteiger partial charge in [0.1, 0.15) is 0 Å². The minimum absolute atomic E-state index is 0.388. The molecule has 0 aromatic heterocycles. The fourth-order valence-electron chi connectivity index (χ4n) is 1.67. The van der Waals surface area contributed by atoms with E-state index in [1.807, 2.05) is 38.1 Å². The van der Waals surface area contributed by atoms with Crippen LogP contribution in [0.4, 0.5) is 8.78 Å². The summed E-state index contributed by atoms with van der Waals surface area (Å²) in [7, 11) is 0. The standard InChI is InChI=1S/C13H19F2N/c1-3-7-16-12(13(14)15)9-11-6-4-5-10(2)8-11/h4-6,8,12-13,16H,3,7,9H2,1-2H3. The third kappa shape index (κ3) is 4.27. The van der Waals surface area contributed by atoms with Crippen molar-refractivity contribution < 1.29 is 8.78 Å². The Morgan fingerprint density at radius 3 is 2.62 bits per heavy atom. The maximum absolute atomic E-state index is 12.7. The first-order valence-electron chi connectivity index (χ1n) is 5.70. The molecule has 0 heterocycles. The summed E-state index contributed by atoms with van der Waals surface area (Å²) in [6, 6.07) is 7.01. The highest BCUT2D eigenvalue weighted by Crippen LogP contribution is 2.11. The summed E-state index contributed by atoms with van der Waals surface area (Å²) in [5.41, 5.74) is 2.08. The number of nitrogens with one attached hydrogen (secondary N) is 1. The molecule has 0 amide bonds. The summed E-state index contributed by atoms with van der Waals surface area (Å²) in [6.45, 7) is 4.59. The molecule has 0 saturated heterocycles. The monoisotopic (exact) mass is 227 g/mol. The minimum Gasteiger partial charge on any atom is -0.309 e. The number of hydrogen-bond donors (Lipinski definition) is 1. The summed E-state index contributed by atoms with van der Waals surface area (Å²) in [5.74, 6) is 0. The van der Waals surface area contributed by atoms with Gasteiger partial charge in [0, 0.05) is 0 Å². The zero-order valence-electron chi connectivity index (χ0n) is 9.84. The van der Waals surface area contributed by atoms with Crippen LogP contribution in [0.2, 0.25) is 0 Å². The number of benzene rings is 1. The van der Waals surface area contributed by atoms with E-state index in [1.165, 1.54) is 0 Å². The lowest BCUT2D eigenvalue weighted by Gasteiger charge is -2.17. The number of rotatable bonds is 6. The van der Waals surface area contributed by atoms with Gasteiger partial charge in [-0.3, -0.25) is 0 Å². The van der Waals surface area contributed by atoms with Gasteiger partial charge in [-0.25, -0.2) is 8.78 Å². The lowest BCUT2D eigenvalue weighted by atomic mass is 10.0. The van der Waals surface area contributed by atoms with Crippen molar-refractivity contribution in [2.45, 2.75) is 39.2 Å². The number of aryl methyl sites for hydroxylation is 1. The second-order valence-electron chi connectivity index (χ2n) is 4.09. The predicted molar refractivity (Wildman–Crippen MR) is 63.0 cm³/mol. The van der Waals surface area contributed by atoms with Crippen molar-refractivity contribution in [2.24, 2.45) is 0 Å². The lowest BCUT2D eigenvalue weighted by Crippen LogP contribution is -2.37. The Labute approximate surface area is 95.9 Å². The first-order chi connectivity index (χ1) is 7.63. The molecule has 1 unspecified atom stereocenters. The second kappa shape index (κ2) is 6.59. The molecule has 0 radical (unpaired) electrons. The number of alkyl halides is 2. The zero-order chi connectivity index (χ0) is 12.0. The Bertz CT molecular complexity index is 313. The molecule has 1 nitrogen and oxygen atoms in total. The quantitative estimate of drug-likeness (QED) is 0.787. The van der Waals surface area contributed by atoms with Crippen LogP contribution in [-0.4, -0.2) is 19.0 Å². The predicted octanol–water partition coefficient (Wildman–Crippen LogP) is 3.17. The highest BCUT2D eigenvalue weighted by atomic mass is 19.3. The lowest BCUT2D eigenvalue weighted by molar-refractivity contribution is 0.0983. The molecule has 0 aliphatic rings. The molecule has 1 N–H and O–H groups in total. The van der Waals surface area contributed by atoms with Gasteiger partial charge in [0.25, 0.3) is 6.43 Å². The van der Waals surface area contributed by atoms with Crippen LogP contribution in [0, 0.1) is 6.92 Å². The third-order valence-electron chi connectivity index (χ3n) is 2.50.